The van der Waals surface area contributed by atoms with Crippen LogP contribution in [-0.4, -0.2) is 22.1 Å². The molecule has 2 aromatic rings. The summed E-state index contributed by atoms with van der Waals surface area (Å²) in [6.07, 6.45) is 1.35. The second-order valence-electron chi connectivity index (χ2n) is 4.64. The Kier molecular flexibility index (Phi) is 3.15. The lowest BCUT2D eigenvalue weighted by Gasteiger charge is -2.19. The lowest BCUT2D eigenvalue weighted by Crippen LogP contribution is -2.25. The number of hydroxylamine groups is 2. The maximum absolute atomic E-state index is 11.8. The SMILES string of the molecule is COc1cccc(CN2Oc3nc[nH]c(=O)c3C2C)c1. The molecule has 0 spiro atoms. The smallest absolute Gasteiger partial charge is 0.259 e. The highest BCUT2D eigenvalue weighted by Crippen LogP contribution is 2.33. The zero-order valence-electron chi connectivity index (χ0n) is 11.3. The van der Waals surface area contributed by atoms with Crippen LogP contribution in [0, 0.1) is 0 Å². The van der Waals surface area contributed by atoms with E-state index < -0.39 is 0 Å². The normalized spacial score (nSPS) is 17.6. The summed E-state index contributed by atoms with van der Waals surface area (Å²) >= 11 is 0. The number of nitrogens with zero attached hydrogens (tertiary/aromatic N) is 2. The third-order valence-corrected chi connectivity index (χ3v) is 3.38. The molecule has 0 bridgehead atoms. The second kappa shape index (κ2) is 4.97. The van der Waals surface area contributed by atoms with E-state index in [1.165, 1.54) is 6.33 Å². The molecule has 0 aliphatic carbocycles. The maximum atomic E-state index is 11.8. The molecule has 6 heteroatoms. The van der Waals surface area contributed by atoms with Gasteiger partial charge in [-0.25, -0.2) is 4.98 Å². The second-order valence-corrected chi connectivity index (χ2v) is 4.64. The van der Waals surface area contributed by atoms with Gasteiger partial charge in [0.2, 0.25) is 5.88 Å². The molecule has 1 N–H and O–H groups in total. The van der Waals surface area contributed by atoms with Crippen molar-refractivity contribution in [3.63, 3.8) is 0 Å². The van der Waals surface area contributed by atoms with Gasteiger partial charge in [0, 0.05) is 0 Å². The number of benzene rings is 1. The predicted octanol–water partition coefficient (Wildman–Crippen LogP) is 1.65. The number of rotatable bonds is 3. The van der Waals surface area contributed by atoms with Gasteiger partial charge in [0.25, 0.3) is 5.56 Å². The molecule has 0 amide bonds. The molecule has 1 aromatic carbocycles. The fourth-order valence-corrected chi connectivity index (χ4v) is 2.29. The Hall–Kier alpha value is -2.34. The summed E-state index contributed by atoms with van der Waals surface area (Å²) in [6.45, 7) is 2.47. The third kappa shape index (κ3) is 2.14. The van der Waals surface area contributed by atoms with Crippen LogP contribution in [0.25, 0.3) is 0 Å². The van der Waals surface area contributed by atoms with Gasteiger partial charge in [-0.1, -0.05) is 12.1 Å². The van der Waals surface area contributed by atoms with Crippen molar-refractivity contribution in [3.05, 3.63) is 52.1 Å². The number of aromatic nitrogens is 2. The molecule has 104 valence electrons. The molecule has 6 nitrogen and oxygen atoms in total. The Balaban J connectivity index is 1.84. The first-order valence-corrected chi connectivity index (χ1v) is 6.34. The highest BCUT2D eigenvalue weighted by Gasteiger charge is 2.32. The molecular formula is C14H15N3O3. The first kappa shape index (κ1) is 12.7. The van der Waals surface area contributed by atoms with E-state index in [1.54, 1.807) is 12.2 Å². The molecular weight excluding hydrogens is 258 g/mol. The topological polar surface area (TPSA) is 67.5 Å². The summed E-state index contributed by atoms with van der Waals surface area (Å²) in [7, 11) is 1.63. The van der Waals surface area contributed by atoms with E-state index in [2.05, 4.69) is 9.97 Å². The fourth-order valence-electron chi connectivity index (χ4n) is 2.29. The minimum absolute atomic E-state index is 0.145. The number of ether oxygens (including phenoxy) is 1. The number of aromatic amines is 1. The summed E-state index contributed by atoms with van der Waals surface area (Å²) in [5.74, 6) is 1.17. The highest BCUT2D eigenvalue weighted by molar-refractivity contribution is 5.31. The molecule has 0 radical (unpaired) electrons. The molecule has 2 heterocycles. The Morgan fingerprint density at radius 2 is 2.35 bits per heavy atom. The lowest BCUT2D eigenvalue weighted by molar-refractivity contribution is -0.0775. The summed E-state index contributed by atoms with van der Waals surface area (Å²) < 4.78 is 5.20. The van der Waals surface area contributed by atoms with Crippen molar-refractivity contribution in [2.24, 2.45) is 0 Å². The van der Waals surface area contributed by atoms with Gasteiger partial charge < -0.3 is 14.6 Å². The highest BCUT2D eigenvalue weighted by atomic mass is 16.7. The maximum Gasteiger partial charge on any atom is 0.259 e. The average molecular weight is 273 g/mol. The number of H-pyrrole nitrogens is 1. The van der Waals surface area contributed by atoms with Gasteiger partial charge in [-0.15, -0.1) is 5.06 Å². The van der Waals surface area contributed by atoms with Crippen LogP contribution in [-0.2, 0) is 6.54 Å². The molecule has 1 aliphatic rings. The van der Waals surface area contributed by atoms with Crippen molar-refractivity contribution in [1.29, 1.82) is 0 Å². The number of nitrogens with one attached hydrogen (secondary N) is 1. The Morgan fingerprint density at radius 1 is 1.50 bits per heavy atom. The van der Waals surface area contributed by atoms with Crippen molar-refractivity contribution in [3.8, 4) is 11.6 Å². The van der Waals surface area contributed by atoms with Crippen molar-refractivity contribution in [1.82, 2.24) is 15.0 Å². The minimum atomic E-state index is -0.157. The zero-order chi connectivity index (χ0) is 14.1. The van der Waals surface area contributed by atoms with Crippen molar-refractivity contribution < 1.29 is 9.57 Å². The van der Waals surface area contributed by atoms with Crippen LogP contribution in [0.5, 0.6) is 11.6 Å². The van der Waals surface area contributed by atoms with Gasteiger partial charge in [-0.3, -0.25) is 4.79 Å². The van der Waals surface area contributed by atoms with Gasteiger partial charge in [0.15, 0.2) is 0 Å². The molecule has 0 saturated carbocycles. The largest absolute Gasteiger partial charge is 0.497 e. The number of hydrogen-bond acceptors (Lipinski definition) is 5. The summed E-state index contributed by atoms with van der Waals surface area (Å²) in [5.41, 5.74) is 1.45. The van der Waals surface area contributed by atoms with Gasteiger partial charge in [0.05, 0.1) is 26.0 Å². The van der Waals surface area contributed by atoms with Crippen molar-refractivity contribution in [2.75, 3.05) is 7.11 Å². The number of methoxy groups -OCH3 is 1. The molecule has 20 heavy (non-hydrogen) atoms. The van der Waals surface area contributed by atoms with Crippen LogP contribution in [0.15, 0.2) is 35.4 Å². The molecule has 3 rings (SSSR count). The summed E-state index contributed by atoms with van der Waals surface area (Å²) in [4.78, 5) is 24.1. The minimum Gasteiger partial charge on any atom is -0.497 e. The van der Waals surface area contributed by atoms with E-state index in [-0.39, 0.29) is 11.6 Å². The van der Waals surface area contributed by atoms with Crippen LogP contribution in [0.1, 0.15) is 24.1 Å². The fraction of sp³-hybridized carbons (Fsp3) is 0.286. The lowest BCUT2D eigenvalue weighted by atomic mass is 10.1. The molecule has 0 saturated heterocycles. The monoisotopic (exact) mass is 273 g/mol. The first-order valence-electron chi connectivity index (χ1n) is 6.34. The molecule has 1 atom stereocenters. The van der Waals surface area contributed by atoms with Crippen LogP contribution < -0.4 is 15.1 Å². The van der Waals surface area contributed by atoms with Crippen LogP contribution in [0.2, 0.25) is 0 Å². The zero-order valence-corrected chi connectivity index (χ0v) is 11.3. The van der Waals surface area contributed by atoms with E-state index in [1.807, 2.05) is 31.2 Å². The molecule has 1 aliphatic heterocycles. The van der Waals surface area contributed by atoms with E-state index in [0.717, 1.165) is 11.3 Å². The molecule has 1 unspecified atom stereocenters. The van der Waals surface area contributed by atoms with Crippen LogP contribution in [0.4, 0.5) is 0 Å². The average Bonchev–Trinajstić information content (AvgIpc) is 2.77. The Labute approximate surface area is 115 Å². The molecule has 0 fully saturated rings. The summed E-state index contributed by atoms with van der Waals surface area (Å²) in [5, 5.41) is 1.74. The third-order valence-electron chi connectivity index (χ3n) is 3.38. The van der Waals surface area contributed by atoms with Gasteiger partial charge in [-0.2, -0.15) is 0 Å². The first-order chi connectivity index (χ1) is 9.69. The number of fused-ring (bicyclic) bond motifs is 1. The van der Waals surface area contributed by atoms with Gasteiger partial charge in [-0.05, 0) is 24.6 Å². The predicted molar refractivity (Wildman–Crippen MR) is 72.4 cm³/mol. The van der Waals surface area contributed by atoms with Crippen LogP contribution >= 0.6 is 0 Å². The van der Waals surface area contributed by atoms with E-state index in [0.29, 0.717) is 18.0 Å². The van der Waals surface area contributed by atoms with E-state index in [9.17, 15) is 4.79 Å². The summed E-state index contributed by atoms with van der Waals surface area (Å²) in [6, 6.07) is 7.59. The van der Waals surface area contributed by atoms with Crippen LogP contribution in [0.3, 0.4) is 0 Å². The van der Waals surface area contributed by atoms with Crippen molar-refractivity contribution in [2.45, 2.75) is 19.5 Å². The van der Waals surface area contributed by atoms with Crippen molar-refractivity contribution >= 4 is 0 Å². The Bertz CT molecular complexity index is 683. The van der Waals surface area contributed by atoms with Gasteiger partial charge >= 0.3 is 0 Å². The quantitative estimate of drug-likeness (QED) is 0.921. The van der Waals surface area contributed by atoms with E-state index >= 15 is 0 Å². The molecule has 1 aromatic heterocycles. The van der Waals surface area contributed by atoms with Gasteiger partial charge in [0.1, 0.15) is 11.3 Å². The Morgan fingerprint density at radius 3 is 3.10 bits per heavy atom. The number of hydrogen-bond donors (Lipinski definition) is 1. The van der Waals surface area contributed by atoms with E-state index in [4.69, 9.17) is 9.57 Å². The standard InChI is InChI=1S/C14H15N3O3/c1-9-12-13(18)15-8-16-14(12)20-17(9)7-10-4-3-5-11(6-10)19-2/h3-6,8-9H,7H2,1-2H3,(H,15,16,18).